The molecule has 2 heterocycles. The maximum Gasteiger partial charge on any atom is 0.224 e. The Morgan fingerprint density at radius 3 is 2.52 bits per heavy atom. The van der Waals surface area contributed by atoms with Crippen molar-refractivity contribution in [3.05, 3.63) is 0 Å². The monoisotopic (exact) mass is 380 g/mol. The summed E-state index contributed by atoms with van der Waals surface area (Å²) >= 11 is 0. The number of amides is 2. The van der Waals surface area contributed by atoms with Gasteiger partial charge in [-0.3, -0.25) is 14.4 Å². The standard InChI is InChI=1S/C20H32N2O5/c1-14-19(17(23)13-27-14)21-20(25)16(11-15-5-3-2-4-6-15)12-18(24)22-7-9-26-10-8-22/h14-16,19H,2-13H2,1H3,(H,21,25)/t14-,16-,19+/m1/s1. The summed E-state index contributed by atoms with van der Waals surface area (Å²) in [5.41, 5.74) is 0. The van der Waals surface area contributed by atoms with E-state index < -0.39 is 6.04 Å². The maximum absolute atomic E-state index is 13.0. The van der Waals surface area contributed by atoms with Crippen LogP contribution in [0.5, 0.6) is 0 Å². The first-order valence-corrected chi connectivity index (χ1v) is 10.3. The first kappa shape index (κ1) is 20.3. The molecule has 0 bridgehead atoms. The minimum atomic E-state index is -0.593. The molecule has 152 valence electrons. The van der Waals surface area contributed by atoms with Gasteiger partial charge < -0.3 is 19.7 Å². The minimum absolute atomic E-state index is 0.0105. The average molecular weight is 380 g/mol. The van der Waals surface area contributed by atoms with Gasteiger partial charge in [0.15, 0.2) is 5.78 Å². The van der Waals surface area contributed by atoms with Gasteiger partial charge in [0.25, 0.3) is 0 Å². The van der Waals surface area contributed by atoms with E-state index in [4.69, 9.17) is 9.47 Å². The van der Waals surface area contributed by atoms with Crippen LogP contribution < -0.4 is 5.32 Å². The quantitative estimate of drug-likeness (QED) is 0.751. The van der Waals surface area contributed by atoms with Crippen LogP contribution in [0.3, 0.4) is 0 Å². The number of Topliss-reactive ketones (excluding diaryl/α,β-unsaturated/α-hetero) is 1. The Bertz CT molecular complexity index is 540. The molecule has 0 aromatic carbocycles. The predicted octanol–water partition coefficient (Wildman–Crippen LogP) is 1.29. The molecule has 7 heteroatoms. The van der Waals surface area contributed by atoms with Gasteiger partial charge in [-0.1, -0.05) is 32.1 Å². The third kappa shape index (κ3) is 5.51. The van der Waals surface area contributed by atoms with Crippen molar-refractivity contribution < 1.29 is 23.9 Å². The molecule has 3 atom stereocenters. The maximum atomic E-state index is 13.0. The van der Waals surface area contributed by atoms with Crippen LogP contribution >= 0.6 is 0 Å². The van der Waals surface area contributed by atoms with E-state index in [-0.39, 0.29) is 42.6 Å². The van der Waals surface area contributed by atoms with Crippen LogP contribution in [0.4, 0.5) is 0 Å². The van der Waals surface area contributed by atoms with Crippen molar-refractivity contribution in [3.63, 3.8) is 0 Å². The van der Waals surface area contributed by atoms with Crippen molar-refractivity contribution in [3.8, 4) is 0 Å². The number of rotatable bonds is 6. The zero-order valence-corrected chi connectivity index (χ0v) is 16.3. The molecule has 2 saturated heterocycles. The lowest BCUT2D eigenvalue weighted by atomic mass is 9.81. The number of carbonyl (C=O) groups excluding carboxylic acids is 3. The van der Waals surface area contributed by atoms with Gasteiger partial charge in [0.2, 0.25) is 11.8 Å². The van der Waals surface area contributed by atoms with Gasteiger partial charge in [0, 0.05) is 25.4 Å². The second-order valence-electron chi connectivity index (χ2n) is 8.10. The van der Waals surface area contributed by atoms with Gasteiger partial charge in [0.1, 0.15) is 12.6 Å². The van der Waals surface area contributed by atoms with Gasteiger partial charge in [-0.05, 0) is 19.3 Å². The van der Waals surface area contributed by atoms with Crippen molar-refractivity contribution in [2.24, 2.45) is 11.8 Å². The van der Waals surface area contributed by atoms with Gasteiger partial charge in [0.05, 0.1) is 19.3 Å². The molecule has 0 radical (unpaired) electrons. The Balaban J connectivity index is 1.63. The highest BCUT2D eigenvalue weighted by molar-refractivity contribution is 5.93. The molecule has 3 rings (SSSR count). The van der Waals surface area contributed by atoms with Crippen LogP contribution in [0.15, 0.2) is 0 Å². The zero-order chi connectivity index (χ0) is 19.2. The molecule has 0 spiro atoms. The Morgan fingerprint density at radius 1 is 1.19 bits per heavy atom. The lowest BCUT2D eigenvalue weighted by molar-refractivity contribution is -0.140. The van der Waals surface area contributed by atoms with Crippen LogP contribution in [-0.2, 0) is 23.9 Å². The fraction of sp³-hybridized carbons (Fsp3) is 0.850. The molecule has 0 aromatic heterocycles. The Hall–Kier alpha value is -1.47. The Morgan fingerprint density at radius 2 is 1.89 bits per heavy atom. The van der Waals surface area contributed by atoms with Crippen molar-refractivity contribution in [2.75, 3.05) is 32.9 Å². The molecule has 1 N–H and O–H groups in total. The lowest BCUT2D eigenvalue weighted by Gasteiger charge is -2.30. The number of ether oxygens (including phenoxy) is 2. The average Bonchev–Trinajstić information content (AvgIpc) is 3.01. The summed E-state index contributed by atoms with van der Waals surface area (Å²) < 4.78 is 10.6. The van der Waals surface area contributed by atoms with E-state index >= 15 is 0 Å². The number of hydrogen-bond acceptors (Lipinski definition) is 5. The second kappa shape index (κ2) is 9.64. The molecule has 2 amide bonds. The Labute approximate surface area is 161 Å². The molecular formula is C20H32N2O5. The normalized spacial score (nSPS) is 28.2. The van der Waals surface area contributed by atoms with Crippen LogP contribution in [-0.4, -0.2) is 67.6 Å². The third-order valence-electron chi connectivity index (χ3n) is 6.10. The van der Waals surface area contributed by atoms with E-state index in [0.29, 0.717) is 32.2 Å². The van der Waals surface area contributed by atoms with E-state index in [0.717, 1.165) is 19.3 Å². The fourth-order valence-electron chi connectivity index (χ4n) is 4.39. The lowest BCUT2D eigenvalue weighted by Crippen LogP contribution is -2.48. The summed E-state index contributed by atoms with van der Waals surface area (Å²) in [6.45, 7) is 4.12. The third-order valence-corrected chi connectivity index (χ3v) is 6.10. The van der Waals surface area contributed by atoms with Crippen molar-refractivity contribution >= 4 is 17.6 Å². The van der Waals surface area contributed by atoms with E-state index in [1.54, 1.807) is 11.8 Å². The smallest absolute Gasteiger partial charge is 0.224 e. The van der Waals surface area contributed by atoms with E-state index in [2.05, 4.69) is 5.32 Å². The molecular weight excluding hydrogens is 348 g/mol. The summed E-state index contributed by atoms with van der Waals surface area (Å²) in [6.07, 6.45) is 6.51. The van der Waals surface area contributed by atoms with Gasteiger partial charge in [-0.25, -0.2) is 0 Å². The number of nitrogens with zero attached hydrogens (tertiary/aromatic N) is 1. The first-order valence-electron chi connectivity index (χ1n) is 10.3. The SMILES string of the molecule is C[C@H]1OCC(=O)[C@H]1NC(=O)[C@@H](CC(=O)N1CCOCC1)CC1CCCCC1. The first-order chi connectivity index (χ1) is 13.0. The van der Waals surface area contributed by atoms with Crippen molar-refractivity contribution in [1.82, 2.24) is 10.2 Å². The number of hydrogen-bond donors (Lipinski definition) is 1. The molecule has 3 fully saturated rings. The van der Waals surface area contributed by atoms with E-state index in [1.807, 2.05) is 0 Å². The number of morpholine rings is 1. The summed E-state index contributed by atoms with van der Waals surface area (Å²) in [6, 6.07) is -0.593. The highest BCUT2D eigenvalue weighted by Gasteiger charge is 2.36. The number of ketones is 1. The molecule has 27 heavy (non-hydrogen) atoms. The van der Waals surface area contributed by atoms with Crippen molar-refractivity contribution in [1.29, 1.82) is 0 Å². The number of carbonyl (C=O) groups is 3. The summed E-state index contributed by atoms with van der Waals surface area (Å²) in [4.78, 5) is 39.4. The van der Waals surface area contributed by atoms with Crippen molar-refractivity contribution in [2.45, 2.75) is 64.0 Å². The highest BCUT2D eigenvalue weighted by atomic mass is 16.5. The fourth-order valence-corrected chi connectivity index (χ4v) is 4.39. The molecule has 1 aliphatic carbocycles. The van der Waals surface area contributed by atoms with E-state index in [1.165, 1.54) is 19.3 Å². The minimum Gasteiger partial charge on any atom is -0.378 e. The van der Waals surface area contributed by atoms with Gasteiger partial charge in [-0.2, -0.15) is 0 Å². The molecule has 0 unspecified atom stereocenters. The molecule has 2 aliphatic heterocycles. The Kier molecular flexibility index (Phi) is 7.24. The molecule has 3 aliphatic rings. The number of nitrogens with one attached hydrogen (secondary N) is 1. The zero-order valence-electron chi connectivity index (χ0n) is 16.3. The molecule has 1 saturated carbocycles. The van der Waals surface area contributed by atoms with Crippen LogP contribution in [0.2, 0.25) is 0 Å². The largest absolute Gasteiger partial charge is 0.378 e. The molecule has 0 aromatic rings. The van der Waals surface area contributed by atoms with Gasteiger partial charge >= 0.3 is 0 Å². The molecule has 7 nitrogen and oxygen atoms in total. The van der Waals surface area contributed by atoms with Crippen LogP contribution in [0, 0.1) is 11.8 Å². The second-order valence-corrected chi connectivity index (χ2v) is 8.10. The summed E-state index contributed by atoms with van der Waals surface area (Å²) in [5.74, 6) is -0.162. The van der Waals surface area contributed by atoms with E-state index in [9.17, 15) is 14.4 Å². The van der Waals surface area contributed by atoms with Crippen LogP contribution in [0.1, 0.15) is 51.9 Å². The van der Waals surface area contributed by atoms with Crippen LogP contribution in [0.25, 0.3) is 0 Å². The highest BCUT2D eigenvalue weighted by Crippen LogP contribution is 2.31. The van der Waals surface area contributed by atoms with Gasteiger partial charge in [-0.15, -0.1) is 0 Å². The summed E-state index contributed by atoms with van der Waals surface area (Å²) in [5, 5.41) is 2.87. The topological polar surface area (TPSA) is 84.9 Å². The predicted molar refractivity (Wildman–Crippen MR) is 99.0 cm³/mol. The summed E-state index contributed by atoms with van der Waals surface area (Å²) in [7, 11) is 0.